The predicted octanol–water partition coefficient (Wildman–Crippen LogP) is 0.515. The summed E-state index contributed by atoms with van der Waals surface area (Å²) in [6.45, 7) is 2.55. The number of rotatable bonds is 3. The third-order valence-electron chi connectivity index (χ3n) is 3.45. The van der Waals surface area contributed by atoms with E-state index < -0.39 is 16.1 Å². The summed E-state index contributed by atoms with van der Waals surface area (Å²) in [4.78, 5) is 4.22. The van der Waals surface area contributed by atoms with Gasteiger partial charge in [0.1, 0.15) is 10.7 Å². The summed E-state index contributed by atoms with van der Waals surface area (Å²) >= 11 is 0. The van der Waals surface area contributed by atoms with Crippen molar-refractivity contribution in [2.24, 2.45) is 5.92 Å². The first kappa shape index (κ1) is 14.2. The van der Waals surface area contributed by atoms with Gasteiger partial charge in [-0.15, -0.1) is 0 Å². The van der Waals surface area contributed by atoms with Crippen LogP contribution in [-0.2, 0) is 10.0 Å². The molecular formula is C12H19N3O3S. The van der Waals surface area contributed by atoms with E-state index in [-0.39, 0.29) is 10.8 Å². The minimum atomic E-state index is -3.51. The maximum Gasteiger partial charge on any atom is 0.244 e. The van der Waals surface area contributed by atoms with E-state index in [0.717, 1.165) is 0 Å². The number of nitrogens with one attached hydrogen (secondary N) is 1. The molecule has 1 aliphatic heterocycles. The minimum absolute atomic E-state index is 0.0481. The number of anilines is 1. The van der Waals surface area contributed by atoms with E-state index in [0.29, 0.717) is 25.3 Å². The predicted molar refractivity (Wildman–Crippen MR) is 72.3 cm³/mol. The molecule has 2 N–H and O–H groups in total. The normalized spacial score (nSPS) is 25.2. The number of hydrogen-bond donors (Lipinski definition) is 2. The fourth-order valence-electron chi connectivity index (χ4n) is 2.14. The van der Waals surface area contributed by atoms with Crippen molar-refractivity contribution in [1.29, 1.82) is 0 Å². The van der Waals surface area contributed by atoms with Crippen molar-refractivity contribution in [3.63, 3.8) is 0 Å². The third-order valence-corrected chi connectivity index (χ3v) is 5.30. The van der Waals surface area contributed by atoms with Crippen LogP contribution in [0.15, 0.2) is 23.2 Å². The lowest BCUT2D eigenvalue weighted by atomic mass is 9.99. The number of nitrogens with zero attached hydrogens (tertiary/aromatic N) is 2. The van der Waals surface area contributed by atoms with Gasteiger partial charge in [0.15, 0.2) is 0 Å². The highest BCUT2D eigenvalue weighted by Crippen LogP contribution is 2.23. The molecule has 1 aromatic heterocycles. The second-order valence-corrected chi connectivity index (χ2v) is 6.76. The van der Waals surface area contributed by atoms with Crippen LogP contribution >= 0.6 is 0 Å². The van der Waals surface area contributed by atoms with Crippen LogP contribution in [0.25, 0.3) is 0 Å². The number of aromatic nitrogens is 1. The van der Waals surface area contributed by atoms with E-state index in [4.69, 9.17) is 0 Å². The van der Waals surface area contributed by atoms with Gasteiger partial charge >= 0.3 is 0 Å². The second kappa shape index (κ2) is 5.44. The molecule has 0 radical (unpaired) electrons. The Morgan fingerprint density at radius 1 is 1.47 bits per heavy atom. The van der Waals surface area contributed by atoms with Crippen LogP contribution in [0.4, 0.5) is 5.82 Å². The van der Waals surface area contributed by atoms with Gasteiger partial charge < -0.3 is 10.4 Å². The smallest absolute Gasteiger partial charge is 0.244 e. The largest absolute Gasteiger partial charge is 0.393 e. The first-order valence-corrected chi connectivity index (χ1v) is 7.71. The lowest BCUT2D eigenvalue weighted by molar-refractivity contribution is 0.0628. The summed E-state index contributed by atoms with van der Waals surface area (Å²) in [7, 11) is -1.79. The van der Waals surface area contributed by atoms with Crippen LogP contribution in [-0.4, -0.2) is 49.1 Å². The second-order valence-electron chi connectivity index (χ2n) is 4.83. The van der Waals surface area contributed by atoms with Gasteiger partial charge in [0.05, 0.1) is 6.10 Å². The Bertz CT molecular complexity index is 530. The Morgan fingerprint density at radius 2 is 2.21 bits per heavy atom. The Morgan fingerprint density at radius 3 is 2.74 bits per heavy atom. The van der Waals surface area contributed by atoms with Crippen LogP contribution in [0.5, 0.6) is 0 Å². The van der Waals surface area contributed by atoms with Crippen molar-refractivity contribution in [3.8, 4) is 0 Å². The molecule has 2 heterocycles. The number of hydrogen-bond acceptors (Lipinski definition) is 5. The topological polar surface area (TPSA) is 82.5 Å². The molecule has 0 saturated carbocycles. The zero-order valence-corrected chi connectivity index (χ0v) is 11.9. The maximum atomic E-state index is 12.4. The van der Waals surface area contributed by atoms with E-state index >= 15 is 0 Å². The molecule has 1 aliphatic rings. The quantitative estimate of drug-likeness (QED) is 0.846. The van der Waals surface area contributed by atoms with Crippen molar-refractivity contribution in [1.82, 2.24) is 9.29 Å². The monoisotopic (exact) mass is 285 g/mol. The van der Waals surface area contributed by atoms with Crippen molar-refractivity contribution in [3.05, 3.63) is 18.3 Å². The highest BCUT2D eigenvalue weighted by molar-refractivity contribution is 7.89. The van der Waals surface area contributed by atoms with Gasteiger partial charge in [-0.3, -0.25) is 0 Å². The molecular weight excluding hydrogens is 266 g/mol. The Balaban J connectivity index is 2.21. The van der Waals surface area contributed by atoms with E-state index in [1.807, 2.05) is 6.92 Å². The Kier molecular flexibility index (Phi) is 4.07. The molecule has 7 heteroatoms. The molecule has 106 valence electrons. The molecule has 6 nitrogen and oxygen atoms in total. The number of piperidine rings is 1. The van der Waals surface area contributed by atoms with Crippen LogP contribution in [0.2, 0.25) is 0 Å². The molecule has 2 unspecified atom stereocenters. The van der Waals surface area contributed by atoms with Crippen LogP contribution in [0.3, 0.4) is 0 Å². The fourth-order valence-corrected chi connectivity index (χ4v) is 3.64. The summed E-state index contributed by atoms with van der Waals surface area (Å²) in [5.74, 6) is 0.578. The lowest BCUT2D eigenvalue weighted by Crippen LogP contribution is -2.44. The van der Waals surface area contributed by atoms with Crippen LogP contribution in [0.1, 0.15) is 13.3 Å². The van der Waals surface area contributed by atoms with Crippen LogP contribution < -0.4 is 5.32 Å². The molecule has 2 atom stereocenters. The van der Waals surface area contributed by atoms with Gasteiger partial charge in [-0.1, -0.05) is 6.92 Å². The standard InChI is InChI=1S/C12H19N3O3S/c1-9-8-15(6-5-11(9)16)19(17,18)10-3-4-12(13-2)14-7-10/h3-4,7,9,11,16H,5-6,8H2,1-2H3,(H,13,14). The first-order valence-electron chi connectivity index (χ1n) is 6.27. The number of aliphatic hydroxyl groups excluding tert-OH is 1. The molecule has 1 saturated heterocycles. The summed E-state index contributed by atoms with van der Waals surface area (Å²) in [6, 6.07) is 3.18. The molecule has 0 amide bonds. The van der Waals surface area contributed by atoms with E-state index in [2.05, 4.69) is 10.3 Å². The van der Waals surface area contributed by atoms with Crippen molar-refractivity contribution in [2.75, 3.05) is 25.5 Å². The van der Waals surface area contributed by atoms with Crippen molar-refractivity contribution < 1.29 is 13.5 Å². The third kappa shape index (κ3) is 2.88. The SMILES string of the molecule is CNc1ccc(S(=O)(=O)N2CCC(O)C(C)C2)cn1. The van der Waals surface area contributed by atoms with Crippen molar-refractivity contribution >= 4 is 15.8 Å². The van der Waals surface area contributed by atoms with Gasteiger partial charge in [0.2, 0.25) is 10.0 Å². The van der Waals surface area contributed by atoms with Gasteiger partial charge in [-0.2, -0.15) is 4.31 Å². The molecule has 1 aromatic rings. The van der Waals surface area contributed by atoms with Crippen LogP contribution in [0, 0.1) is 5.92 Å². The summed E-state index contributed by atoms with van der Waals surface area (Å²) in [5.41, 5.74) is 0. The van der Waals surface area contributed by atoms with Gasteiger partial charge in [-0.05, 0) is 24.5 Å². The van der Waals surface area contributed by atoms with Gasteiger partial charge in [0, 0.05) is 26.3 Å². The van der Waals surface area contributed by atoms with E-state index in [1.54, 1.807) is 19.2 Å². The Hall–Kier alpha value is -1.18. The fraction of sp³-hybridized carbons (Fsp3) is 0.583. The zero-order chi connectivity index (χ0) is 14.0. The van der Waals surface area contributed by atoms with Gasteiger partial charge in [-0.25, -0.2) is 13.4 Å². The molecule has 19 heavy (non-hydrogen) atoms. The van der Waals surface area contributed by atoms with Crippen molar-refractivity contribution in [2.45, 2.75) is 24.3 Å². The van der Waals surface area contributed by atoms with Gasteiger partial charge in [0.25, 0.3) is 0 Å². The molecule has 2 rings (SSSR count). The molecule has 0 aliphatic carbocycles. The molecule has 0 bridgehead atoms. The first-order chi connectivity index (χ1) is 8.95. The average Bonchev–Trinajstić information content (AvgIpc) is 2.41. The summed E-state index contributed by atoms with van der Waals surface area (Å²) in [6.07, 6.45) is 1.41. The number of pyridine rings is 1. The zero-order valence-electron chi connectivity index (χ0n) is 11.1. The highest BCUT2D eigenvalue weighted by Gasteiger charge is 2.32. The molecule has 0 spiro atoms. The molecule has 0 aromatic carbocycles. The number of aliphatic hydroxyl groups is 1. The molecule has 1 fully saturated rings. The highest BCUT2D eigenvalue weighted by atomic mass is 32.2. The number of sulfonamides is 1. The van der Waals surface area contributed by atoms with E-state index in [9.17, 15) is 13.5 Å². The maximum absolute atomic E-state index is 12.4. The summed E-state index contributed by atoms with van der Waals surface area (Å²) < 4.78 is 26.3. The Labute approximate surface area is 113 Å². The summed E-state index contributed by atoms with van der Waals surface area (Å²) in [5, 5.41) is 12.5. The minimum Gasteiger partial charge on any atom is -0.393 e. The average molecular weight is 285 g/mol. The lowest BCUT2D eigenvalue weighted by Gasteiger charge is -2.33. The van der Waals surface area contributed by atoms with E-state index in [1.165, 1.54) is 10.5 Å².